The van der Waals surface area contributed by atoms with Crippen LogP contribution in [0.5, 0.6) is 0 Å². The number of oxazole rings is 1. The van der Waals surface area contributed by atoms with Crippen LogP contribution in [0.3, 0.4) is 0 Å². The van der Waals surface area contributed by atoms with Crippen molar-refractivity contribution in [3.8, 4) is 34.4 Å². The van der Waals surface area contributed by atoms with Gasteiger partial charge < -0.3 is 18.6 Å². The molecule has 0 amide bonds. The van der Waals surface area contributed by atoms with Crippen LogP contribution < -0.4 is 5.14 Å². The fourth-order valence-electron chi connectivity index (χ4n) is 5.46. The fourth-order valence-corrected chi connectivity index (χ4v) is 5.97. The van der Waals surface area contributed by atoms with Crippen molar-refractivity contribution in [2.75, 3.05) is 13.7 Å². The Labute approximate surface area is 246 Å². The highest BCUT2D eigenvalue weighted by Crippen LogP contribution is 2.40. The first-order chi connectivity index (χ1) is 20.2. The van der Waals surface area contributed by atoms with Gasteiger partial charge in [-0.25, -0.2) is 18.5 Å². The summed E-state index contributed by atoms with van der Waals surface area (Å²) < 4.78 is 47.2. The van der Waals surface area contributed by atoms with E-state index in [2.05, 4.69) is 42.8 Å². The summed E-state index contributed by atoms with van der Waals surface area (Å²) in [7, 11) is -2.04. The predicted molar refractivity (Wildman–Crippen MR) is 160 cm³/mol. The molecule has 2 atom stereocenters. The number of hydrogen-bond donors (Lipinski definition) is 1. The highest BCUT2D eigenvalue weighted by Gasteiger charge is 2.40. The van der Waals surface area contributed by atoms with Gasteiger partial charge in [0.05, 0.1) is 29.3 Å². The van der Waals surface area contributed by atoms with Gasteiger partial charge in [0.25, 0.3) is 5.89 Å². The van der Waals surface area contributed by atoms with Gasteiger partial charge in [0.2, 0.25) is 10.0 Å². The minimum Gasteiger partial charge on any atom is -0.429 e. The second-order valence-electron chi connectivity index (χ2n) is 10.5. The number of primary sulfonamides is 1. The molecule has 2 unspecified atom stereocenters. The quantitative estimate of drug-likeness (QED) is 0.210. The molecule has 8 nitrogen and oxygen atoms in total. The van der Waals surface area contributed by atoms with E-state index >= 15 is 0 Å². The number of aromatic nitrogens is 1. The van der Waals surface area contributed by atoms with Crippen LogP contribution in [-0.2, 0) is 36.4 Å². The third kappa shape index (κ3) is 6.81. The van der Waals surface area contributed by atoms with E-state index in [-0.39, 0.29) is 35.2 Å². The first kappa shape index (κ1) is 29.7. The second kappa shape index (κ2) is 12.6. The van der Waals surface area contributed by atoms with Gasteiger partial charge in [-0.15, -0.1) is 0 Å². The third-order valence-corrected chi connectivity index (χ3v) is 8.23. The third-order valence-electron chi connectivity index (χ3n) is 7.30. The maximum Gasteiger partial charge on any atom is 0.274 e. The average molecular weight is 587 g/mol. The van der Waals surface area contributed by atoms with E-state index in [1.165, 1.54) is 12.1 Å². The Morgan fingerprint density at radius 2 is 1.69 bits per heavy atom. The number of rotatable bonds is 8. The number of hydrogen-bond acceptors (Lipinski definition) is 7. The monoisotopic (exact) mass is 586 g/mol. The number of nitrogens with zero attached hydrogens (tertiary/aromatic N) is 1. The molecular formula is C33H34N2O6S. The van der Waals surface area contributed by atoms with Crippen LogP contribution in [0.2, 0.25) is 0 Å². The fraction of sp³-hybridized carbons (Fsp3) is 0.303. The summed E-state index contributed by atoms with van der Waals surface area (Å²) in [6, 6.07) is 24.0. The molecule has 5 rings (SSSR count). The van der Waals surface area contributed by atoms with Crippen molar-refractivity contribution in [3.63, 3.8) is 0 Å². The van der Waals surface area contributed by atoms with E-state index in [0.29, 0.717) is 23.6 Å². The number of benzene rings is 3. The van der Waals surface area contributed by atoms with Crippen LogP contribution in [0.25, 0.3) is 22.6 Å². The van der Waals surface area contributed by atoms with Gasteiger partial charge >= 0.3 is 0 Å². The van der Waals surface area contributed by atoms with E-state index in [1.807, 2.05) is 42.5 Å². The molecule has 2 N–H and O–H groups in total. The van der Waals surface area contributed by atoms with Crippen molar-refractivity contribution in [2.24, 2.45) is 5.14 Å². The van der Waals surface area contributed by atoms with Crippen LogP contribution in [0.4, 0.5) is 0 Å². The molecule has 0 bridgehead atoms. The van der Waals surface area contributed by atoms with Crippen LogP contribution in [0.1, 0.15) is 43.7 Å². The number of sulfonamides is 1. The molecule has 1 aliphatic rings. The topological polar surface area (TPSA) is 114 Å². The molecular weight excluding hydrogens is 552 g/mol. The molecule has 218 valence electrons. The molecule has 42 heavy (non-hydrogen) atoms. The van der Waals surface area contributed by atoms with Crippen molar-refractivity contribution in [2.45, 2.75) is 56.0 Å². The van der Waals surface area contributed by atoms with Crippen LogP contribution in [0.15, 0.2) is 88.2 Å². The summed E-state index contributed by atoms with van der Waals surface area (Å²) in [5.41, 5.74) is 3.87. The first-order valence-electron chi connectivity index (χ1n) is 13.7. The maximum absolute atomic E-state index is 11.7. The van der Waals surface area contributed by atoms with E-state index in [1.54, 1.807) is 19.2 Å². The highest BCUT2D eigenvalue weighted by molar-refractivity contribution is 7.89. The Morgan fingerprint density at radius 3 is 2.36 bits per heavy atom. The molecule has 2 heterocycles. The molecule has 1 saturated heterocycles. The highest BCUT2D eigenvalue weighted by atomic mass is 32.2. The van der Waals surface area contributed by atoms with Crippen molar-refractivity contribution >= 4 is 10.0 Å². The van der Waals surface area contributed by atoms with Crippen LogP contribution in [0, 0.1) is 11.8 Å². The van der Waals surface area contributed by atoms with E-state index in [4.69, 9.17) is 23.8 Å². The standard InChI is InChI=1S/C33H34N2O6S/c1-23-20-33(38-3,21-24(2)40-23)28-12-7-9-25(19-28)22-39-18-8-13-30-35-31(26-10-5-4-6-11-26)32(41-30)27-14-16-29(17-15-27)42(34,36)37/h4-7,9-12,14-17,19,23-24H,18,20-22H2,1-3H3,(H2,34,36,37). The summed E-state index contributed by atoms with van der Waals surface area (Å²) in [5, 5.41) is 5.25. The largest absolute Gasteiger partial charge is 0.429 e. The predicted octanol–water partition coefficient (Wildman–Crippen LogP) is 5.65. The number of ether oxygens (including phenoxy) is 3. The van der Waals surface area contributed by atoms with Crippen molar-refractivity contribution in [1.29, 1.82) is 0 Å². The van der Waals surface area contributed by atoms with Gasteiger partial charge in [-0.1, -0.05) is 60.5 Å². The summed E-state index contributed by atoms with van der Waals surface area (Å²) in [5.74, 6) is 6.65. The van der Waals surface area contributed by atoms with E-state index in [9.17, 15) is 8.42 Å². The van der Waals surface area contributed by atoms with Crippen LogP contribution in [-0.4, -0.2) is 39.3 Å². The summed E-state index contributed by atoms with van der Waals surface area (Å²) >= 11 is 0. The summed E-state index contributed by atoms with van der Waals surface area (Å²) in [4.78, 5) is 4.63. The maximum atomic E-state index is 11.7. The number of nitrogens with two attached hydrogens (primary N) is 1. The molecule has 4 aromatic rings. The van der Waals surface area contributed by atoms with Crippen LogP contribution >= 0.6 is 0 Å². The molecule has 1 fully saturated rings. The normalized spacial score (nSPS) is 20.6. The van der Waals surface area contributed by atoms with Gasteiger partial charge in [-0.2, -0.15) is 0 Å². The van der Waals surface area contributed by atoms with Gasteiger partial charge in [-0.3, -0.25) is 0 Å². The van der Waals surface area contributed by atoms with Crippen molar-refractivity contribution in [3.05, 3.63) is 95.9 Å². The smallest absolute Gasteiger partial charge is 0.274 e. The lowest BCUT2D eigenvalue weighted by atomic mass is 9.81. The van der Waals surface area contributed by atoms with Crippen molar-refractivity contribution in [1.82, 2.24) is 4.98 Å². The number of methoxy groups -OCH3 is 1. The molecule has 3 aromatic carbocycles. The molecule has 0 spiro atoms. The SMILES string of the molecule is COC1(c2cccc(COCC#Cc3nc(-c4ccccc4)c(-c4ccc(S(N)(=O)=O)cc4)o3)c2)CC(C)OC(C)C1. The zero-order valence-electron chi connectivity index (χ0n) is 23.9. The Bertz CT molecular complexity index is 1680. The lowest BCUT2D eigenvalue weighted by molar-refractivity contribution is -0.152. The minimum atomic E-state index is -3.81. The molecule has 1 aliphatic heterocycles. The van der Waals surface area contributed by atoms with E-state index < -0.39 is 10.0 Å². The lowest BCUT2D eigenvalue weighted by Gasteiger charge is -2.42. The zero-order valence-corrected chi connectivity index (χ0v) is 24.7. The molecule has 9 heteroatoms. The Kier molecular flexibility index (Phi) is 8.92. The average Bonchev–Trinajstić information content (AvgIpc) is 3.41. The Balaban J connectivity index is 1.30. The van der Waals surface area contributed by atoms with Gasteiger partial charge in [0.15, 0.2) is 5.76 Å². The molecule has 0 saturated carbocycles. The van der Waals surface area contributed by atoms with Gasteiger partial charge in [0, 0.05) is 31.1 Å². The zero-order chi connectivity index (χ0) is 29.7. The minimum absolute atomic E-state index is 0.0176. The summed E-state index contributed by atoms with van der Waals surface area (Å²) in [6.45, 7) is 4.74. The van der Waals surface area contributed by atoms with Gasteiger partial charge in [0.1, 0.15) is 12.3 Å². The van der Waals surface area contributed by atoms with Gasteiger partial charge in [-0.05, 0) is 55.2 Å². The molecule has 0 radical (unpaired) electrons. The van der Waals surface area contributed by atoms with E-state index in [0.717, 1.165) is 29.5 Å². The lowest BCUT2D eigenvalue weighted by Crippen LogP contribution is -2.42. The molecule has 1 aromatic heterocycles. The Morgan fingerprint density at radius 1 is 0.976 bits per heavy atom. The molecule has 0 aliphatic carbocycles. The second-order valence-corrected chi connectivity index (χ2v) is 12.1. The Hall–Kier alpha value is -3.78. The first-order valence-corrected chi connectivity index (χ1v) is 15.3. The summed E-state index contributed by atoms with van der Waals surface area (Å²) in [6.07, 6.45) is 1.82. The van der Waals surface area contributed by atoms with Crippen molar-refractivity contribution < 1.29 is 27.0 Å².